The molecule has 136 valence electrons. The van der Waals surface area contributed by atoms with Gasteiger partial charge >= 0.3 is 0 Å². The lowest BCUT2D eigenvalue weighted by Crippen LogP contribution is -2.30. The molecule has 4 rings (SSSR count). The first-order chi connectivity index (χ1) is 13.2. The zero-order chi connectivity index (χ0) is 18.6. The summed E-state index contributed by atoms with van der Waals surface area (Å²) in [5.74, 6) is 1.78. The van der Waals surface area contributed by atoms with Crippen molar-refractivity contribution in [3.63, 3.8) is 0 Å². The highest BCUT2D eigenvalue weighted by Gasteiger charge is 2.31. The lowest BCUT2D eigenvalue weighted by molar-refractivity contribution is 0.0759. The Kier molecular flexibility index (Phi) is 5.12. The van der Waals surface area contributed by atoms with Gasteiger partial charge < -0.3 is 9.64 Å². The average Bonchev–Trinajstić information content (AvgIpc) is 3.18. The maximum absolute atomic E-state index is 13.5. The average molecular weight is 379 g/mol. The van der Waals surface area contributed by atoms with E-state index in [-0.39, 0.29) is 11.3 Å². The summed E-state index contributed by atoms with van der Waals surface area (Å²) in [6, 6.07) is 23.2. The van der Waals surface area contributed by atoms with E-state index in [9.17, 15) is 9.18 Å². The molecule has 1 saturated heterocycles. The number of benzene rings is 3. The van der Waals surface area contributed by atoms with Gasteiger partial charge in [-0.15, -0.1) is 11.8 Å². The number of carbonyl (C=O) groups excluding carboxylic acids is 1. The molecule has 0 aliphatic carbocycles. The van der Waals surface area contributed by atoms with Crippen LogP contribution < -0.4 is 4.74 Å². The largest absolute Gasteiger partial charge is 0.457 e. The second kappa shape index (κ2) is 7.84. The summed E-state index contributed by atoms with van der Waals surface area (Å²) in [4.78, 5) is 14.7. The van der Waals surface area contributed by atoms with Gasteiger partial charge in [0.15, 0.2) is 0 Å². The summed E-state index contributed by atoms with van der Waals surface area (Å²) in [5, 5.41) is -0.111. The van der Waals surface area contributed by atoms with Gasteiger partial charge in [0.25, 0.3) is 5.91 Å². The van der Waals surface area contributed by atoms with Gasteiger partial charge in [-0.2, -0.15) is 0 Å². The quantitative estimate of drug-likeness (QED) is 0.599. The predicted molar refractivity (Wildman–Crippen MR) is 106 cm³/mol. The van der Waals surface area contributed by atoms with Crippen LogP contribution in [0.5, 0.6) is 11.5 Å². The highest BCUT2D eigenvalue weighted by atomic mass is 32.2. The zero-order valence-corrected chi connectivity index (χ0v) is 15.4. The van der Waals surface area contributed by atoms with Gasteiger partial charge in [-0.1, -0.05) is 36.4 Å². The highest BCUT2D eigenvalue weighted by Crippen LogP contribution is 2.40. The van der Waals surface area contributed by atoms with E-state index < -0.39 is 5.82 Å². The third-order valence-corrected chi connectivity index (χ3v) is 5.61. The van der Waals surface area contributed by atoms with Gasteiger partial charge in [-0.25, -0.2) is 4.39 Å². The van der Waals surface area contributed by atoms with Crippen molar-refractivity contribution in [3.8, 4) is 11.5 Å². The van der Waals surface area contributed by atoms with Crippen LogP contribution in [0.1, 0.15) is 21.3 Å². The van der Waals surface area contributed by atoms with Crippen LogP contribution in [0.3, 0.4) is 0 Å². The summed E-state index contributed by atoms with van der Waals surface area (Å²) in [6.07, 6.45) is 0. The number of carbonyl (C=O) groups is 1. The molecule has 0 aromatic heterocycles. The molecular formula is C22H18FNO2S. The lowest BCUT2D eigenvalue weighted by atomic mass is 10.1. The summed E-state index contributed by atoms with van der Waals surface area (Å²) in [7, 11) is 0. The standard InChI is InChI=1S/C22H18FNO2S/c23-18-8-4-6-16(14-18)21(25)24-12-13-27-22(24)17-7-5-11-20(15-17)26-19-9-2-1-3-10-19/h1-11,14-15,22H,12-13H2. The first-order valence-corrected chi connectivity index (χ1v) is 9.76. The van der Waals surface area contributed by atoms with E-state index in [0.29, 0.717) is 12.1 Å². The molecule has 1 amide bonds. The molecule has 1 fully saturated rings. The van der Waals surface area contributed by atoms with Gasteiger partial charge in [0.1, 0.15) is 22.7 Å². The van der Waals surface area contributed by atoms with E-state index in [0.717, 1.165) is 22.8 Å². The molecule has 1 heterocycles. The number of ether oxygens (including phenoxy) is 1. The number of rotatable bonds is 4. The zero-order valence-electron chi connectivity index (χ0n) is 14.5. The maximum Gasteiger partial charge on any atom is 0.255 e. The van der Waals surface area contributed by atoms with Crippen LogP contribution in [-0.2, 0) is 0 Å². The molecule has 0 bridgehead atoms. The molecule has 0 N–H and O–H groups in total. The monoisotopic (exact) mass is 379 g/mol. The smallest absolute Gasteiger partial charge is 0.255 e. The first-order valence-electron chi connectivity index (χ1n) is 8.72. The maximum atomic E-state index is 13.5. The fraction of sp³-hybridized carbons (Fsp3) is 0.136. The first kappa shape index (κ1) is 17.6. The van der Waals surface area contributed by atoms with Crippen molar-refractivity contribution in [1.29, 1.82) is 0 Å². The molecular weight excluding hydrogens is 361 g/mol. The predicted octanol–water partition coefficient (Wildman–Crippen LogP) is 5.51. The molecule has 0 spiro atoms. The molecule has 0 saturated carbocycles. The van der Waals surface area contributed by atoms with Crippen LogP contribution in [0, 0.1) is 5.82 Å². The van der Waals surface area contributed by atoms with Gasteiger partial charge in [0, 0.05) is 17.9 Å². The van der Waals surface area contributed by atoms with Crippen molar-refractivity contribution in [2.45, 2.75) is 5.37 Å². The highest BCUT2D eigenvalue weighted by molar-refractivity contribution is 7.99. The Balaban J connectivity index is 1.57. The van der Waals surface area contributed by atoms with E-state index >= 15 is 0 Å². The van der Waals surface area contributed by atoms with E-state index in [1.165, 1.54) is 12.1 Å². The normalized spacial score (nSPS) is 16.3. The van der Waals surface area contributed by atoms with Gasteiger partial charge in [0.05, 0.1) is 0 Å². The van der Waals surface area contributed by atoms with E-state index in [1.54, 1.807) is 28.8 Å². The van der Waals surface area contributed by atoms with Crippen molar-refractivity contribution in [2.75, 3.05) is 12.3 Å². The van der Waals surface area contributed by atoms with Crippen LogP contribution in [0.4, 0.5) is 4.39 Å². The molecule has 5 heteroatoms. The van der Waals surface area contributed by atoms with Crippen LogP contribution in [0.2, 0.25) is 0 Å². The Morgan fingerprint density at radius 1 is 0.963 bits per heavy atom. The fourth-order valence-corrected chi connectivity index (χ4v) is 4.34. The van der Waals surface area contributed by atoms with Crippen molar-refractivity contribution >= 4 is 17.7 Å². The van der Waals surface area contributed by atoms with Crippen molar-refractivity contribution < 1.29 is 13.9 Å². The fourth-order valence-electron chi connectivity index (χ4n) is 3.10. The molecule has 3 nitrogen and oxygen atoms in total. The molecule has 1 unspecified atom stereocenters. The number of hydrogen-bond donors (Lipinski definition) is 0. The van der Waals surface area contributed by atoms with Crippen molar-refractivity contribution in [1.82, 2.24) is 4.90 Å². The minimum atomic E-state index is -0.400. The van der Waals surface area contributed by atoms with E-state index in [2.05, 4.69) is 0 Å². The number of halogens is 1. The van der Waals surface area contributed by atoms with Gasteiger partial charge in [-0.3, -0.25) is 4.79 Å². The Hall–Kier alpha value is -2.79. The van der Waals surface area contributed by atoms with Gasteiger partial charge in [-0.05, 0) is 48.0 Å². The second-order valence-corrected chi connectivity index (χ2v) is 7.41. The number of hydrogen-bond acceptors (Lipinski definition) is 3. The third-order valence-electron chi connectivity index (χ3n) is 4.35. The van der Waals surface area contributed by atoms with Crippen molar-refractivity contribution in [2.24, 2.45) is 0 Å². The topological polar surface area (TPSA) is 29.5 Å². The van der Waals surface area contributed by atoms with Crippen LogP contribution >= 0.6 is 11.8 Å². The molecule has 1 atom stereocenters. The summed E-state index contributed by atoms with van der Waals surface area (Å²) in [6.45, 7) is 0.633. The minimum Gasteiger partial charge on any atom is -0.457 e. The SMILES string of the molecule is O=C(c1cccc(F)c1)N1CCSC1c1cccc(Oc2ccccc2)c1. The molecule has 27 heavy (non-hydrogen) atoms. The molecule has 1 aliphatic rings. The van der Waals surface area contributed by atoms with Gasteiger partial charge in [0.2, 0.25) is 0 Å². The van der Waals surface area contributed by atoms with E-state index in [4.69, 9.17) is 4.74 Å². The second-order valence-electron chi connectivity index (χ2n) is 6.22. The third kappa shape index (κ3) is 3.98. The van der Waals surface area contributed by atoms with E-state index in [1.807, 2.05) is 54.6 Å². The minimum absolute atomic E-state index is 0.111. The molecule has 1 aliphatic heterocycles. The summed E-state index contributed by atoms with van der Waals surface area (Å²) >= 11 is 1.70. The van der Waals surface area contributed by atoms with Crippen LogP contribution in [0.15, 0.2) is 78.9 Å². The summed E-state index contributed by atoms with van der Waals surface area (Å²) in [5.41, 5.74) is 1.37. The Bertz CT molecular complexity index is 948. The van der Waals surface area contributed by atoms with Crippen LogP contribution in [-0.4, -0.2) is 23.1 Å². The number of amides is 1. The molecule has 3 aromatic rings. The lowest BCUT2D eigenvalue weighted by Gasteiger charge is -2.24. The molecule has 3 aromatic carbocycles. The number of nitrogens with zero attached hydrogens (tertiary/aromatic N) is 1. The summed E-state index contributed by atoms with van der Waals surface area (Å²) < 4.78 is 19.4. The van der Waals surface area contributed by atoms with Crippen molar-refractivity contribution in [3.05, 3.63) is 95.8 Å². The molecule has 0 radical (unpaired) electrons. The Labute approximate surface area is 161 Å². The number of para-hydroxylation sites is 1. The van der Waals surface area contributed by atoms with Crippen LogP contribution in [0.25, 0.3) is 0 Å². The number of thioether (sulfide) groups is 1. The Morgan fingerprint density at radius 2 is 1.74 bits per heavy atom. The Morgan fingerprint density at radius 3 is 2.56 bits per heavy atom.